The highest BCUT2D eigenvalue weighted by Crippen LogP contribution is 2.53. The van der Waals surface area contributed by atoms with Gasteiger partial charge in [0.15, 0.2) is 34.6 Å². The van der Waals surface area contributed by atoms with Gasteiger partial charge in [0, 0.05) is 61.2 Å². The summed E-state index contributed by atoms with van der Waals surface area (Å²) in [4.78, 5) is 49.0. The van der Waals surface area contributed by atoms with Crippen molar-refractivity contribution in [3.05, 3.63) is 65.8 Å². The fourth-order valence-corrected chi connectivity index (χ4v) is 10.9. The molecule has 4 aromatic rings. The molecule has 69 heavy (non-hydrogen) atoms. The maximum absolute atomic E-state index is 14.1. The molecule has 2 aromatic heterocycles. The highest BCUT2D eigenvalue weighted by molar-refractivity contribution is 7.86. The number of aliphatic hydroxyl groups excluding tert-OH is 1. The topological polar surface area (TPSA) is 393 Å². The third-order valence-electron chi connectivity index (χ3n) is 11.6. The highest BCUT2D eigenvalue weighted by Gasteiger charge is 2.53. The number of phosphoric ester groups is 1. The van der Waals surface area contributed by atoms with Gasteiger partial charge in [-0.25, -0.2) is 27.9 Å². The lowest BCUT2D eigenvalue weighted by molar-refractivity contribution is -0.176. The van der Waals surface area contributed by atoms with Crippen molar-refractivity contribution in [3.8, 4) is 22.5 Å². The number of nitrogens with two attached hydrogens (primary N) is 3. The maximum Gasteiger partial charge on any atom is 0.472 e. The molecule has 368 valence electrons. The predicted octanol–water partition coefficient (Wildman–Crippen LogP) is 0.734. The quantitative estimate of drug-likeness (QED) is 0.0205. The van der Waals surface area contributed by atoms with Gasteiger partial charge < -0.3 is 50.7 Å². The minimum atomic E-state index is -5.33. The Balaban J connectivity index is 0.853. The van der Waals surface area contributed by atoms with Crippen molar-refractivity contribution in [3.63, 3.8) is 0 Å². The summed E-state index contributed by atoms with van der Waals surface area (Å²) in [7, 11) is -13.3. The number of hydrogen-bond acceptors (Lipinski definition) is 19. The molecule has 2 saturated heterocycles. The summed E-state index contributed by atoms with van der Waals surface area (Å²) in [5.74, 6) is -0.949. The van der Waals surface area contributed by atoms with E-state index in [4.69, 9.17) is 35.1 Å². The fourth-order valence-electron chi connectivity index (χ4n) is 8.45. The van der Waals surface area contributed by atoms with E-state index in [0.717, 1.165) is 18.9 Å². The average Bonchev–Trinajstić information content (AvgIpc) is 3.81. The summed E-state index contributed by atoms with van der Waals surface area (Å²) in [6.07, 6.45) is 0.0848. The Morgan fingerprint density at radius 1 is 1.00 bits per heavy atom. The average molecular weight is 1010 g/mol. The van der Waals surface area contributed by atoms with Crippen LogP contribution in [-0.4, -0.2) is 124 Å². The first kappa shape index (κ1) is 49.3. The summed E-state index contributed by atoms with van der Waals surface area (Å²) in [6, 6.07) is 11.3. The second kappa shape index (κ2) is 19.3. The molecular weight excluding hydrogens is 968 g/mol. The molecule has 1 unspecified atom stereocenters. The number of nitrogens with zero attached hydrogens (tertiary/aromatic N) is 5. The monoisotopic (exact) mass is 1010 g/mol. The van der Waals surface area contributed by atoms with Crippen LogP contribution in [0.3, 0.4) is 0 Å². The van der Waals surface area contributed by atoms with Crippen LogP contribution in [0, 0.1) is 0 Å². The van der Waals surface area contributed by atoms with Crippen molar-refractivity contribution in [2.45, 2.75) is 72.9 Å². The van der Waals surface area contributed by atoms with Crippen molar-refractivity contribution >= 4 is 79.5 Å². The zero-order chi connectivity index (χ0) is 49.6. The number of amides is 2. The number of carbonyl (C=O) groups excluding carboxylic acids is 2. The third-order valence-corrected chi connectivity index (χ3v) is 14.5. The number of aliphatic hydroxyl groups is 1. The third kappa shape index (κ3) is 10.0. The Hall–Kier alpha value is -6.13. The smallest absolute Gasteiger partial charge is 0.472 e. The van der Waals surface area contributed by atoms with Gasteiger partial charge in [0.1, 0.15) is 39.7 Å². The fraction of sp³-hybridized carbons (Fsp3) is 0.366. The Morgan fingerprint density at radius 2 is 1.74 bits per heavy atom. The van der Waals surface area contributed by atoms with E-state index in [0.29, 0.717) is 25.9 Å². The molecule has 3 aliphatic heterocycles. The normalized spacial score (nSPS) is 20.6. The van der Waals surface area contributed by atoms with E-state index < -0.39 is 90.7 Å². The first-order valence-corrected chi connectivity index (χ1v) is 25.7. The number of phosphoric acid groups is 1. The van der Waals surface area contributed by atoms with Crippen LogP contribution in [0.25, 0.3) is 44.6 Å². The standard InChI is InChI=1S/C41H47N10O15PS2/c1-50(39(54)22-10-5-4-9-21(22)29-23-12-14-25(42)35(68(57,58)59)32(23)65-33-24(29)13-15-26(43)36(33)69(60,61)62)18-8-11-28(52)45-16-6-2-3-7-17-46-41-49-30-37(44)47-20-48-38(30)51(41)40-31(53)34-27(64-40)19-63-67(55,56)66-34/h4-5,9-10,12-15,20,27,31,34,40,42,53H,2-3,6-8,11,16-19,43H2,1H3,(H,45,52)(H,46,49)(H,55,56)(H2,44,47,48)(H,57,58,59)(H,60,61,62)/t27-,31-,34-,40-/m1/s1. The maximum atomic E-state index is 14.1. The van der Waals surface area contributed by atoms with Crippen molar-refractivity contribution in [2.75, 3.05) is 50.1 Å². The molecular formula is C41H47N10O15PS2. The number of imidazole rings is 1. The van der Waals surface area contributed by atoms with Crippen LogP contribution in [0.2, 0.25) is 0 Å². The number of fused-ring (bicyclic) bond motifs is 4. The Morgan fingerprint density at radius 3 is 2.48 bits per heavy atom. The summed E-state index contributed by atoms with van der Waals surface area (Å²) in [5, 5.41) is 22.7. The summed E-state index contributed by atoms with van der Waals surface area (Å²) in [5.41, 5.74) is 11.8. The lowest BCUT2D eigenvalue weighted by atomic mass is 9.90. The van der Waals surface area contributed by atoms with Crippen LogP contribution in [0.15, 0.2) is 69.1 Å². The van der Waals surface area contributed by atoms with Gasteiger partial charge in [-0.3, -0.25) is 33.2 Å². The molecule has 0 saturated carbocycles. The van der Waals surface area contributed by atoms with Gasteiger partial charge in [0.05, 0.1) is 12.3 Å². The van der Waals surface area contributed by atoms with Crippen molar-refractivity contribution in [2.24, 2.45) is 0 Å². The molecule has 2 aromatic carbocycles. The van der Waals surface area contributed by atoms with Crippen LogP contribution < -0.4 is 32.9 Å². The number of hydrogen-bond donors (Lipinski definition) is 8. The number of aromatic nitrogens is 4. The molecule has 11 N–H and O–H groups in total. The van der Waals surface area contributed by atoms with Crippen LogP contribution in [0.1, 0.15) is 55.1 Å². The second-order valence-corrected chi connectivity index (χ2v) is 20.4. The van der Waals surface area contributed by atoms with Gasteiger partial charge in [-0.2, -0.15) is 8.42 Å². The van der Waals surface area contributed by atoms with Crippen LogP contribution in [0.5, 0.6) is 0 Å². The van der Waals surface area contributed by atoms with Crippen LogP contribution in [0.4, 0.5) is 17.5 Å². The molecule has 1 aliphatic carbocycles. The van der Waals surface area contributed by atoms with Gasteiger partial charge in [-0.05, 0) is 49.1 Å². The molecule has 0 radical (unpaired) electrons. The Kier molecular flexibility index (Phi) is 13.8. The van der Waals surface area contributed by atoms with E-state index in [2.05, 4.69) is 25.6 Å². The molecule has 25 nitrogen and oxygen atoms in total. The van der Waals surface area contributed by atoms with E-state index in [-0.39, 0.29) is 82.5 Å². The van der Waals surface area contributed by atoms with Gasteiger partial charge in [-0.1, -0.05) is 31.0 Å². The van der Waals surface area contributed by atoms with Crippen molar-refractivity contribution in [1.82, 2.24) is 29.7 Å². The van der Waals surface area contributed by atoms with Crippen LogP contribution >= 0.6 is 7.82 Å². The lowest BCUT2D eigenvalue weighted by Crippen LogP contribution is -2.47. The number of anilines is 3. The number of ether oxygens (including phenoxy) is 1. The van der Waals surface area contributed by atoms with Gasteiger partial charge in [0.2, 0.25) is 22.1 Å². The molecule has 4 aliphatic rings. The lowest BCUT2D eigenvalue weighted by Gasteiger charge is -2.27. The molecule has 5 atom stereocenters. The number of unbranched alkanes of at least 4 members (excludes halogenated alkanes) is 3. The number of nitrogens with one attached hydrogen (secondary N) is 2. The molecule has 28 heteroatoms. The molecule has 0 spiro atoms. The minimum absolute atomic E-state index is 0.00466. The molecule has 2 fully saturated rings. The van der Waals surface area contributed by atoms with E-state index in [1.165, 1.54) is 53.2 Å². The largest absolute Gasteiger partial charge is 0.744 e. The summed E-state index contributed by atoms with van der Waals surface area (Å²) >= 11 is 0. The van der Waals surface area contributed by atoms with E-state index >= 15 is 0 Å². The minimum Gasteiger partial charge on any atom is -0.744 e. The molecule has 5 heterocycles. The summed E-state index contributed by atoms with van der Waals surface area (Å²) in [6.45, 7) is 0.727. The van der Waals surface area contributed by atoms with Gasteiger partial charge >= 0.3 is 17.9 Å². The van der Waals surface area contributed by atoms with Gasteiger partial charge in [0.25, 0.3) is 5.91 Å². The Labute approximate surface area is 392 Å². The SMILES string of the molecule is CN(CCCC(=O)NCCCCCCNc1nc2c(N)ncnc2n1[C@@H]1O[C@@H]2COP(=O)(O)O[C@H]2[C@H]1O)C(=O)c1ccccc1-c1c2ccc(=[NH2+])c(S(=O)(=O)O)c-2oc2c(S(=O)(=O)[O-])c(N)ccc12. The number of benzene rings is 3. The number of carbonyl (C=O) groups is 2. The van der Waals surface area contributed by atoms with E-state index in [9.17, 15) is 50.1 Å². The van der Waals surface area contributed by atoms with Crippen molar-refractivity contribution in [1.29, 1.82) is 0 Å². The zero-order valence-corrected chi connectivity index (χ0v) is 39.1. The van der Waals surface area contributed by atoms with Crippen molar-refractivity contribution < 1.29 is 73.7 Å². The first-order chi connectivity index (χ1) is 32.7. The number of rotatable bonds is 17. The van der Waals surface area contributed by atoms with E-state index in [1.54, 1.807) is 12.1 Å². The number of nitrogen functional groups attached to an aromatic ring is 2. The molecule has 8 rings (SSSR count). The second-order valence-electron chi connectivity index (χ2n) is 16.3. The molecule has 0 bridgehead atoms. The van der Waals surface area contributed by atoms with E-state index in [1.807, 2.05) is 0 Å². The van der Waals surface area contributed by atoms with Crippen LogP contribution in [-0.2, 0) is 43.4 Å². The highest BCUT2D eigenvalue weighted by atomic mass is 32.2. The molecule has 2 amide bonds. The Bertz CT molecular complexity index is 3300. The predicted molar refractivity (Wildman–Crippen MR) is 242 cm³/mol. The summed E-state index contributed by atoms with van der Waals surface area (Å²) < 4.78 is 108. The van der Waals surface area contributed by atoms with Gasteiger partial charge in [-0.15, -0.1) is 0 Å². The first-order valence-electron chi connectivity index (χ1n) is 21.3. The zero-order valence-electron chi connectivity index (χ0n) is 36.5.